The molecule has 0 aromatic rings. The fraction of sp³-hybridized carbons (Fsp3) is 0.769. The number of carbonyl (C=O) groups excluding carboxylic acids is 1. The van der Waals surface area contributed by atoms with Crippen LogP contribution in [0.25, 0.3) is 0 Å². The molecular weight excluding hydrogens is 186 g/mol. The van der Waals surface area contributed by atoms with Crippen molar-refractivity contribution < 1.29 is 4.79 Å². The molecule has 0 heterocycles. The number of rotatable bonds is 4. The van der Waals surface area contributed by atoms with Crippen LogP contribution in [0, 0.1) is 23.7 Å². The summed E-state index contributed by atoms with van der Waals surface area (Å²) in [7, 11) is 1.85. The second kappa shape index (κ2) is 7.34. The first-order valence-corrected chi connectivity index (χ1v) is 5.65. The van der Waals surface area contributed by atoms with E-state index in [1.807, 2.05) is 7.05 Å². The van der Waals surface area contributed by atoms with Crippen molar-refractivity contribution in [2.45, 2.75) is 40.5 Å². The maximum Gasteiger partial charge on any atom is 0.222 e. The van der Waals surface area contributed by atoms with E-state index in [2.05, 4.69) is 39.5 Å². The number of hydrogen-bond acceptors (Lipinski definition) is 1. The fourth-order valence-electron chi connectivity index (χ4n) is 1.13. The Hall–Kier alpha value is -0.970. The quantitative estimate of drug-likeness (QED) is 0.652. The van der Waals surface area contributed by atoms with Gasteiger partial charge in [-0.25, -0.2) is 0 Å². The van der Waals surface area contributed by atoms with E-state index >= 15 is 0 Å². The van der Waals surface area contributed by atoms with E-state index in [9.17, 15) is 4.79 Å². The van der Waals surface area contributed by atoms with Crippen LogP contribution in [0.2, 0.25) is 0 Å². The van der Waals surface area contributed by atoms with Crippen molar-refractivity contribution in [3.05, 3.63) is 0 Å². The van der Waals surface area contributed by atoms with Gasteiger partial charge in [0.2, 0.25) is 5.91 Å². The molecule has 0 atom stereocenters. The van der Waals surface area contributed by atoms with Gasteiger partial charge in [0.05, 0.1) is 0 Å². The van der Waals surface area contributed by atoms with Crippen LogP contribution in [-0.4, -0.2) is 24.4 Å². The summed E-state index contributed by atoms with van der Waals surface area (Å²) in [6.07, 6.45) is 1.41. The van der Waals surface area contributed by atoms with Crippen molar-refractivity contribution in [1.82, 2.24) is 4.90 Å². The van der Waals surface area contributed by atoms with Gasteiger partial charge in [-0.3, -0.25) is 4.79 Å². The molecule has 0 spiro atoms. The highest BCUT2D eigenvalue weighted by atomic mass is 16.2. The summed E-state index contributed by atoms with van der Waals surface area (Å²) in [6.45, 7) is 9.00. The molecule has 0 rings (SSSR count). The molecular formula is C13H23NO. The van der Waals surface area contributed by atoms with E-state index < -0.39 is 0 Å². The van der Waals surface area contributed by atoms with Crippen molar-refractivity contribution in [2.24, 2.45) is 11.8 Å². The lowest BCUT2D eigenvalue weighted by molar-refractivity contribution is -0.130. The minimum atomic E-state index is 0.219. The second-order valence-corrected chi connectivity index (χ2v) is 4.64. The van der Waals surface area contributed by atoms with E-state index in [1.165, 1.54) is 0 Å². The second-order valence-electron chi connectivity index (χ2n) is 4.64. The number of hydrogen-bond donors (Lipinski definition) is 0. The lowest BCUT2D eigenvalue weighted by Gasteiger charge is -2.16. The highest BCUT2D eigenvalue weighted by molar-refractivity contribution is 5.76. The maximum absolute atomic E-state index is 11.6. The van der Waals surface area contributed by atoms with Crippen LogP contribution in [0.15, 0.2) is 0 Å². The maximum atomic E-state index is 11.6. The van der Waals surface area contributed by atoms with Crippen LogP contribution >= 0.6 is 0 Å². The van der Waals surface area contributed by atoms with Crippen molar-refractivity contribution >= 4 is 5.91 Å². The molecule has 0 N–H and O–H groups in total. The third kappa shape index (κ3) is 8.05. The summed E-state index contributed by atoms with van der Waals surface area (Å²) >= 11 is 0. The molecule has 0 saturated carbocycles. The molecule has 0 saturated heterocycles. The van der Waals surface area contributed by atoms with Gasteiger partial charge in [-0.1, -0.05) is 27.7 Å². The third-order valence-electron chi connectivity index (χ3n) is 1.97. The molecule has 2 heteroatoms. The Kier molecular flexibility index (Phi) is 6.86. The normalized spacial score (nSPS) is 10.1. The molecule has 0 bridgehead atoms. The van der Waals surface area contributed by atoms with Gasteiger partial charge >= 0.3 is 0 Å². The SMILES string of the molecule is CC(C)C#CCCN(C)C(=O)CC(C)C. The molecule has 0 aliphatic heterocycles. The van der Waals surface area contributed by atoms with E-state index in [0.29, 0.717) is 18.3 Å². The molecule has 15 heavy (non-hydrogen) atoms. The summed E-state index contributed by atoms with van der Waals surface area (Å²) in [4.78, 5) is 13.3. The lowest BCUT2D eigenvalue weighted by atomic mass is 10.1. The van der Waals surface area contributed by atoms with E-state index in [-0.39, 0.29) is 5.91 Å². The van der Waals surface area contributed by atoms with E-state index in [1.54, 1.807) is 4.90 Å². The molecule has 0 radical (unpaired) electrons. The number of nitrogens with zero attached hydrogens (tertiary/aromatic N) is 1. The molecule has 0 unspecified atom stereocenters. The Morgan fingerprint density at radius 1 is 1.27 bits per heavy atom. The molecule has 0 aliphatic carbocycles. The van der Waals surface area contributed by atoms with Gasteiger partial charge in [-0.15, -0.1) is 11.8 Å². The largest absolute Gasteiger partial charge is 0.345 e. The van der Waals surface area contributed by atoms with Crippen molar-refractivity contribution in [1.29, 1.82) is 0 Å². The topological polar surface area (TPSA) is 20.3 Å². The van der Waals surface area contributed by atoms with Gasteiger partial charge in [-0.2, -0.15) is 0 Å². The van der Waals surface area contributed by atoms with Gasteiger partial charge in [0.1, 0.15) is 0 Å². The van der Waals surface area contributed by atoms with Gasteiger partial charge in [0, 0.05) is 32.4 Å². The smallest absolute Gasteiger partial charge is 0.222 e. The monoisotopic (exact) mass is 209 g/mol. The first-order chi connectivity index (χ1) is 6.93. The molecule has 0 fully saturated rings. The molecule has 0 aliphatic rings. The van der Waals surface area contributed by atoms with E-state index in [0.717, 1.165) is 13.0 Å². The van der Waals surface area contributed by atoms with Crippen LogP contribution in [0.5, 0.6) is 0 Å². The average molecular weight is 209 g/mol. The van der Waals surface area contributed by atoms with Crippen LogP contribution in [0.4, 0.5) is 0 Å². The highest BCUT2D eigenvalue weighted by Gasteiger charge is 2.09. The molecule has 2 nitrogen and oxygen atoms in total. The summed E-state index contributed by atoms with van der Waals surface area (Å²) in [5.41, 5.74) is 0. The Labute approximate surface area is 94.0 Å². The molecule has 86 valence electrons. The molecule has 1 amide bonds. The zero-order valence-electron chi connectivity index (χ0n) is 10.6. The molecule has 0 aromatic carbocycles. The van der Waals surface area contributed by atoms with Crippen molar-refractivity contribution in [3.8, 4) is 11.8 Å². The summed E-state index contributed by atoms with van der Waals surface area (Å²) in [5.74, 6) is 7.24. The van der Waals surface area contributed by atoms with Crippen molar-refractivity contribution in [2.75, 3.05) is 13.6 Å². The first-order valence-electron chi connectivity index (χ1n) is 5.65. The van der Waals surface area contributed by atoms with Crippen LogP contribution in [0.1, 0.15) is 40.5 Å². The first kappa shape index (κ1) is 14.0. The predicted octanol–water partition coefficient (Wildman–Crippen LogP) is 2.54. The van der Waals surface area contributed by atoms with Crippen molar-refractivity contribution in [3.63, 3.8) is 0 Å². The lowest BCUT2D eigenvalue weighted by Crippen LogP contribution is -2.28. The van der Waals surface area contributed by atoms with E-state index in [4.69, 9.17) is 0 Å². The summed E-state index contributed by atoms with van der Waals surface area (Å²) < 4.78 is 0. The van der Waals surface area contributed by atoms with Gasteiger partial charge in [0.15, 0.2) is 0 Å². The fourth-order valence-corrected chi connectivity index (χ4v) is 1.13. The van der Waals surface area contributed by atoms with Gasteiger partial charge < -0.3 is 4.90 Å². The Morgan fingerprint density at radius 3 is 2.33 bits per heavy atom. The van der Waals surface area contributed by atoms with Crippen LogP contribution in [0.3, 0.4) is 0 Å². The average Bonchev–Trinajstić information content (AvgIpc) is 2.10. The Balaban J connectivity index is 3.80. The number of carbonyl (C=O) groups is 1. The number of amides is 1. The summed E-state index contributed by atoms with van der Waals surface area (Å²) in [5, 5.41) is 0. The minimum Gasteiger partial charge on any atom is -0.345 e. The van der Waals surface area contributed by atoms with Gasteiger partial charge in [0.25, 0.3) is 0 Å². The Morgan fingerprint density at radius 2 is 1.87 bits per heavy atom. The third-order valence-corrected chi connectivity index (χ3v) is 1.97. The van der Waals surface area contributed by atoms with Crippen LogP contribution < -0.4 is 0 Å². The summed E-state index contributed by atoms with van der Waals surface area (Å²) in [6, 6.07) is 0. The standard InChI is InChI=1S/C13H23NO/c1-11(2)8-6-7-9-14(5)13(15)10-12(3)4/h11-12H,7,9-10H2,1-5H3. The van der Waals surface area contributed by atoms with Crippen LogP contribution in [-0.2, 0) is 4.79 Å². The zero-order valence-corrected chi connectivity index (χ0v) is 10.6. The minimum absolute atomic E-state index is 0.219. The molecule has 0 aromatic heterocycles. The Bertz CT molecular complexity index is 245. The van der Waals surface area contributed by atoms with Gasteiger partial charge in [-0.05, 0) is 5.92 Å². The highest BCUT2D eigenvalue weighted by Crippen LogP contribution is 2.02. The predicted molar refractivity (Wildman–Crippen MR) is 64.3 cm³/mol. The zero-order chi connectivity index (χ0) is 11.8.